The fourth-order valence-electron chi connectivity index (χ4n) is 1.69. The fraction of sp³-hybridized carbons (Fsp3) is 0.0714. The van der Waals surface area contributed by atoms with Crippen LogP contribution in [-0.2, 0) is 10.0 Å². The summed E-state index contributed by atoms with van der Waals surface area (Å²) in [6.45, 7) is 1.37. The van der Waals surface area contributed by atoms with Crippen LogP contribution < -0.4 is 4.72 Å². The van der Waals surface area contributed by atoms with E-state index in [1.807, 2.05) is 0 Å². The molecule has 7 heteroatoms. The van der Waals surface area contributed by atoms with E-state index in [-0.39, 0.29) is 21.4 Å². The number of rotatable bonds is 4. The molecule has 0 atom stereocenters. The number of ketones is 1. The van der Waals surface area contributed by atoms with E-state index in [2.05, 4.69) is 4.72 Å². The van der Waals surface area contributed by atoms with Gasteiger partial charge in [0.1, 0.15) is 10.7 Å². The van der Waals surface area contributed by atoms with Crippen molar-refractivity contribution < 1.29 is 17.6 Å². The molecule has 0 saturated carbocycles. The Hall–Kier alpha value is -1.92. The summed E-state index contributed by atoms with van der Waals surface area (Å²) >= 11 is 5.79. The van der Waals surface area contributed by atoms with Crippen LogP contribution in [0.4, 0.5) is 10.1 Å². The standard InChI is InChI=1S/C14H11ClFNO3S/c1-9(18)10-3-2-4-12(7-10)17-21(19,20)14-8-11(16)5-6-13(14)15/h2-8,17H,1H3. The largest absolute Gasteiger partial charge is 0.295 e. The summed E-state index contributed by atoms with van der Waals surface area (Å²) in [6.07, 6.45) is 0. The van der Waals surface area contributed by atoms with E-state index < -0.39 is 15.8 Å². The van der Waals surface area contributed by atoms with E-state index in [0.29, 0.717) is 5.56 Å². The number of halogens is 2. The lowest BCUT2D eigenvalue weighted by molar-refractivity contribution is 0.101. The minimum atomic E-state index is -4.04. The lowest BCUT2D eigenvalue weighted by Crippen LogP contribution is -2.14. The normalized spacial score (nSPS) is 11.2. The van der Waals surface area contributed by atoms with Crippen LogP contribution in [0, 0.1) is 5.82 Å². The van der Waals surface area contributed by atoms with Gasteiger partial charge in [0.2, 0.25) is 0 Å². The molecule has 2 aromatic rings. The van der Waals surface area contributed by atoms with Gasteiger partial charge in [-0.3, -0.25) is 9.52 Å². The fourth-order valence-corrected chi connectivity index (χ4v) is 3.26. The quantitative estimate of drug-likeness (QED) is 0.874. The molecule has 0 aliphatic heterocycles. The van der Waals surface area contributed by atoms with E-state index in [4.69, 9.17) is 11.6 Å². The Bertz CT molecular complexity index is 806. The molecule has 21 heavy (non-hydrogen) atoms. The van der Waals surface area contributed by atoms with Crippen molar-refractivity contribution in [3.05, 3.63) is 58.9 Å². The second kappa shape index (κ2) is 5.83. The SMILES string of the molecule is CC(=O)c1cccc(NS(=O)(=O)c2cc(F)ccc2Cl)c1. The minimum Gasteiger partial charge on any atom is -0.295 e. The zero-order valence-corrected chi connectivity index (χ0v) is 12.5. The lowest BCUT2D eigenvalue weighted by Gasteiger charge is -2.10. The molecule has 0 amide bonds. The molecular formula is C14H11ClFNO3S. The van der Waals surface area contributed by atoms with Crippen molar-refractivity contribution in [1.82, 2.24) is 0 Å². The third kappa shape index (κ3) is 3.59. The Morgan fingerprint density at radius 1 is 1.19 bits per heavy atom. The predicted molar refractivity (Wildman–Crippen MR) is 78.7 cm³/mol. The third-order valence-electron chi connectivity index (χ3n) is 2.70. The Labute approximate surface area is 126 Å². The Morgan fingerprint density at radius 2 is 1.90 bits per heavy atom. The van der Waals surface area contributed by atoms with Crippen LogP contribution >= 0.6 is 11.6 Å². The van der Waals surface area contributed by atoms with Gasteiger partial charge in [-0.25, -0.2) is 12.8 Å². The van der Waals surface area contributed by atoms with Crippen molar-refractivity contribution in [2.45, 2.75) is 11.8 Å². The molecule has 2 rings (SSSR count). The Kier molecular flexibility index (Phi) is 4.29. The van der Waals surface area contributed by atoms with Crippen molar-refractivity contribution in [1.29, 1.82) is 0 Å². The van der Waals surface area contributed by atoms with E-state index in [1.165, 1.54) is 19.1 Å². The lowest BCUT2D eigenvalue weighted by atomic mass is 10.1. The van der Waals surface area contributed by atoms with Gasteiger partial charge in [-0.15, -0.1) is 0 Å². The second-order valence-electron chi connectivity index (χ2n) is 4.32. The molecule has 0 spiro atoms. The van der Waals surface area contributed by atoms with Gasteiger partial charge >= 0.3 is 0 Å². The molecule has 4 nitrogen and oxygen atoms in total. The molecule has 2 aromatic carbocycles. The zero-order valence-electron chi connectivity index (χ0n) is 10.9. The number of carbonyl (C=O) groups is 1. The van der Waals surface area contributed by atoms with Crippen LogP contribution in [0.3, 0.4) is 0 Å². The molecule has 0 heterocycles. The van der Waals surface area contributed by atoms with Crippen molar-refractivity contribution in [3.63, 3.8) is 0 Å². The van der Waals surface area contributed by atoms with Gasteiger partial charge in [0.15, 0.2) is 5.78 Å². The summed E-state index contributed by atoms with van der Waals surface area (Å²) in [6, 6.07) is 9.05. The van der Waals surface area contributed by atoms with Gasteiger partial charge in [0.25, 0.3) is 10.0 Å². The van der Waals surface area contributed by atoms with Gasteiger partial charge in [-0.2, -0.15) is 0 Å². The van der Waals surface area contributed by atoms with Crippen LogP contribution in [0.15, 0.2) is 47.4 Å². The van der Waals surface area contributed by atoms with Gasteiger partial charge in [0.05, 0.1) is 5.02 Å². The molecule has 0 aliphatic rings. The van der Waals surface area contributed by atoms with E-state index in [9.17, 15) is 17.6 Å². The predicted octanol–water partition coefficient (Wildman–Crippen LogP) is 3.48. The Balaban J connectivity index is 2.40. The first-order valence-electron chi connectivity index (χ1n) is 5.88. The van der Waals surface area contributed by atoms with Crippen molar-refractivity contribution in [2.24, 2.45) is 0 Å². The van der Waals surface area contributed by atoms with Gasteiger partial charge < -0.3 is 0 Å². The number of anilines is 1. The molecule has 0 fully saturated rings. The smallest absolute Gasteiger partial charge is 0.263 e. The number of hydrogen-bond acceptors (Lipinski definition) is 3. The molecule has 0 saturated heterocycles. The minimum absolute atomic E-state index is 0.0911. The van der Waals surface area contributed by atoms with Crippen LogP contribution in [0.2, 0.25) is 5.02 Å². The topological polar surface area (TPSA) is 63.2 Å². The molecule has 110 valence electrons. The maximum atomic E-state index is 13.2. The van der Waals surface area contributed by atoms with E-state index in [1.54, 1.807) is 12.1 Å². The average molecular weight is 328 g/mol. The first-order chi connectivity index (χ1) is 9.79. The van der Waals surface area contributed by atoms with Crippen LogP contribution in [0.25, 0.3) is 0 Å². The van der Waals surface area contributed by atoms with Crippen molar-refractivity contribution in [3.8, 4) is 0 Å². The third-order valence-corrected chi connectivity index (χ3v) is 4.57. The molecule has 0 aliphatic carbocycles. The van der Waals surface area contributed by atoms with E-state index in [0.717, 1.165) is 18.2 Å². The van der Waals surface area contributed by atoms with Crippen molar-refractivity contribution in [2.75, 3.05) is 4.72 Å². The van der Waals surface area contributed by atoms with E-state index >= 15 is 0 Å². The number of sulfonamides is 1. The summed E-state index contributed by atoms with van der Waals surface area (Å²) in [4.78, 5) is 10.9. The molecule has 0 bridgehead atoms. The molecule has 0 radical (unpaired) electrons. The highest BCUT2D eigenvalue weighted by Gasteiger charge is 2.19. The monoisotopic (exact) mass is 327 g/mol. The molecular weight excluding hydrogens is 317 g/mol. The number of benzene rings is 2. The maximum absolute atomic E-state index is 13.2. The second-order valence-corrected chi connectivity index (χ2v) is 6.38. The number of nitrogens with one attached hydrogen (secondary N) is 1. The zero-order chi connectivity index (χ0) is 15.6. The number of hydrogen-bond donors (Lipinski definition) is 1. The molecule has 0 unspecified atom stereocenters. The molecule has 1 N–H and O–H groups in total. The van der Waals surface area contributed by atoms with Gasteiger partial charge in [-0.1, -0.05) is 23.7 Å². The highest BCUT2D eigenvalue weighted by Crippen LogP contribution is 2.25. The van der Waals surface area contributed by atoms with Crippen LogP contribution in [0.1, 0.15) is 17.3 Å². The maximum Gasteiger partial charge on any atom is 0.263 e. The highest BCUT2D eigenvalue weighted by molar-refractivity contribution is 7.92. The number of Topliss-reactive ketones (excluding diaryl/α,β-unsaturated/α-hetero) is 1. The average Bonchev–Trinajstić information content (AvgIpc) is 2.41. The summed E-state index contributed by atoms with van der Waals surface area (Å²) in [5.41, 5.74) is 0.559. The van der Waals surface area contributed by atoms with Crippen molar-refractivity contribution >= 4 is 33.1 Å². The summed E-state index contributed by atoms with van der Waals surface area (Å²) in [5.74, 6) is -0.905. The highest BCUT2D eigenvalue weighted by atomic mass is 35.5. The first kappa shape index (κ1) is 15.5. The van der Waals surface area contributed by atoms with Crippen LogP contribution in [0.5, 0.6) is 0 Å². The number of carbonyl (C=O) groups excluding carboxylic acids is 1. The van der Waals surface area contributed by atoms with Crippen LogP contribution in [-0.4, -0.2) is 14.2 Å². The van der Waals surface area contributed by atoms with Gasteiger partial charge in [-0.05, 0) is 37.3 Å². The summed E-state index contributed by atoms with van der Waals surface area (Å²) in [5, 5.41) is -0.0911. The van der Waals surface area contributed by atoms with Gasteiger partial charge in [0, 0.05) is 11.3 Å². The molecule has 0 aromatic heterocycles. The Morgan fingerprint density at radius 3 is 2.57 bits per heavy atom. The summed E-state index contributed by atoms with van der Waals surface area (Å²) < 4.78 is 39.9. The summed E-state index contributed by atoms with van der Waals surface area (Å²) in [7, 11) is -4.04. The first-order valence-corrected chi connectivity index (χ1v) is 7.74.